The molecule has 0 saturated heterocycles. The number of anilines is 1. The second-order valence-electron chi connectivity index (χ2n) is 6.18. The fourth-order valence-corrected chi connectivity index (χ4v) is 3.51. The lowest BCUT2D eigenvalue weighted by atomic mass is 10.2. The van der Waals surface area contributed by atoms with Crippen molar-refractivity contribution < 1.29 is 22.8 Å². The quantitative estimate of drug-likeness (QED) is 0.635. The lowest BCUT2D eigenvalue weighted by Gasteiger charge is -2.05. The first-order valence-corrected chi connectivity index (χ1v) is 9.37. The van der Waals surface area contributed by atoms with Crippen LogP contribution in [0.2, 0.25) is 0 Å². The molecule has 150 valence electrons. The third-order valence-electron chi connectivity index (χ3n) is 3.93. The average Bonchev–Trinajstić information content (AvgIpc) is 3.03. The van der Waals surface area contributed by atoms with Crippen LogP contribution in [0.4, 0.5) is 18.9 Å². The topological polar surface area (TPSA) is 71.1 Å². The molecule has 0 fully saturated rings. The summed E-state index contributed by atoms with van der Waals surface area (Å²) in [7, 11) is 0. The van der Waals surface area contributed by atoms with E-state index in [-0.39, 0.29) is 30.4 Å². The van der Waals surface area contributed by atoms with Crippen LogP contribution >= 0.6 is 11.3 Å². The Morgan fingerprint density at radius 1 is 1.03 bits per heavy atom. The van der Waals surface area contributed by atoms with Crippen molar-refractivity contribution in [3.05, 3.63) is 81.1 Å². The monoisotopic (exact) mass is 419 g/mol. The van der Waals surface area contributed by atoms with Gasteiger partial charge in [-0.1, -0.05) is 12.1 Å². The molecule has 0 unspecified atom stereocenters. The first-order valence-electron chi connectivity index (χ1n) is 8.55. The van der Waals surface area contributed by atoms with Crippen LogP contribution in [-0.2, 0) is 17.8 Å². The van der Waals surface area contributed by atoms with Crippen molar-refractivity contribution >= 4 is 28.8 Å². The molecule has 0 saturated carbocycles. The summed E-state index contributed by atoms with van der Waals surface area (Å²) in [5.74, 6) is -2.88. The highest BCUT2D eigenvalue weighted by Gasteiger charge is 2.17. The zero-order chi connectivity index (χ0) is 21.0. The molecule has 0 radical (unpaired) electrons. The van der Waals surface area contributed by atoms with E-state index in [1.54, 1.807) is 19.1 Å². The molecule has 9 heteroatoms. The maximum absolute atomic E-state index is 13.6. The molecular formula is C20H16F3N3O2S. The molecule has 2 N–H and O–H groups in total. The maximum atomic E-state index is 13.6. The lowest BCUT2D eigenvalue weighted by Crippen LogP contribution is -2.22. The van der Waals surface area contributed by atoms with Gasteiger partial charge in [0.05, 0.1) is 17.8 Å². The van der Waals surface area contributed by atoms with Gasteiger partial charge in [-0.25, -0.2) is 18.2 Å². The van der Waals surface area contributed by atoms with Crippen LogP contribution in [0.3, 0.4) is 0 Å². The Hall–Kier alpha value is -3.20. The van der Waals surface area contributed by atoms with E-state index < -0.39 is 17.5 Å². The van der Waals surface area contributed by atoms with Gasteiger partial charge in [-0.2, -0.15) is 0 Å². The van der Waals surface area contributed by atoms with Crippen molar-refractivity contribution in [3.63, 3.8) is 0 Å². The van der Waals surface area contributed by atoms with Gasteiger partial charge in [0.25, 0.3) is 5.91 Å². The van der Waals surface area contributed by atoms with Crippen LogP contribution < -0.4 is 10.6 Å². The van der Waals surface area contributed by atoms with Gasteiger partial charge in [0.2, 0.25) is 5.91 Å². The molecule has 0 atom stereocenters. The summed E-state index contributed by atoms with van der Waals surface area (Å²) in [6.07, 6.45) is -0.159. The average molecular weight is 419 g/mol. The van der Waals surface area contributed by atoms with Gasteiger partial charge in [-0.15, -0.1) is 11.3 Å². The van der Waals surface area contributed by atoms with Gasteiger partial charge in [-0.3, -0.25) is 9.59 Å². The molecule has 0 aliphatic heterocycles. The zero-order valence-corrected chi connectivity index (χ0v) is 16.1. The number of aryl methyl sites for hydroxylation is 1. The Bertz CT molecular complexity index is 1050. The molecule has 2 aromatic carbocycles. The van der Waals surface area contributed by atoms with Crippen LogP contribution in [0.1, 0.15) is 25.9 Å². The van der Waals surface area contributed by atoms with E-state index in [0.717, 1.165) is 29.0 Å². The Kier molecular flexibility index (Phi) is 6.28. The van der Waals surface area contributed by atoms with Crippen LogP contribution in [0, 0.1) is 24.4 Å². The first-order chi connectivity index (χ1) is 13.8. The molecule has 5 nitrogen and oxygen atoms in total. The van der Waals surface area contributed by atoms with Crippen molar-refractivity contribution in [1.29, 1.82) is 0 Å². The number of thiazole rings is 1. The molecule has 0 bridgehead atoms. The van der Waals surface area contributed by atoms with Crippen LogP contribution in [-0.4, -0.2) is 16.8 Å². The minimum Gasteiger partial charge on any atom is -0.347 e. The second-order valence-corrected chi connectivity index (χ2v) is 7.26. The molecule has 3 rings (SSSR count). The van der Waals surface area contributed by atoms with Gasteiger partial charge < -0.3 is 10.6 Å². The third-order valence-corrected chi connectivity index (χ3v) is 5.09. The molecular weight excluding hydrogens is 403 g/mol. The summed E-state index contributed by atoms with van der Waals surface area (Å²) < 4.78 is 39.5. The highest BCUT2D eigenvalue weighted by molar-refractivity contribution is 7.13. The number of hydrogen-bond acceptors (Lipinski definition) is 4. The van der Waals surface area contributed by atoms with Gasteiger partial charge in [0.15, 0.2) is 0 Å². The molecule has 1 heterocycles. The fraction of sp³-hybridized carbons (Fsp3) is 0.150. The molecule has 0 spiro atoms. The number of benzene rings is 2. The summed E-state index contributed by atoms with van der Waals surface area (Å²) in [6.45, 7) is 1.86. The molecule has 2 amide bonds. The molecule has 1 aromatic heterocycles. The van der Waals surface area contributed by atoms with E-state index >= 15 is 0 Å². The van der Waals surface area contributed by atoms with Crippen LogP contribution in [0.15, 0.2) is 42.5 Å². The lowest BCUT2D eigenvalue weighted by molar-refractivity contribution is -0.115. The predicted molar refractivity (Wildman–Crippen MR) is 103 cm³/mol. The van der Waals surface area contributed by atoms with E-state index in [4.69, 9.17) is 0 Å². The van der Waals surface area contributed by atoms with E-state index in [9.17, 15) is 22.8 Å². The number of nitrogens with zero attached hydrogens (tertiary/aromatic N) is 1. The normalized spacial score (nSPS) is 10.6. The van der Waals surface area contributed by atoms with Gasteiger partial charge in [0, 0.05) is 12.6 Å². The van der Waals surface area contributed by atoms with Gasteiger partial charge >= 0.3 is 0 Å². The molecule has 29 heavy (non-hydrogen) atoms. The smallest absolute Gasteiger partial charge is 0.263 e. The largest absolute Gasteiger partial charge is 0.347 e. The maximum Gasteiger partial charge on any atom is 0.263 e. The number of amides is 2. The fourth-order valence-electron chi connectivity index (χ4n) is 2.53. The number of hydrogen-bond donors (Lipinski definition) is 2. The molecule has 0 aliphatic carbocycles. The number of carbonyl (C=O) groups is 2. The van der Waals surface area contributed by atoms with E-state index in [1.807, 2.05) is 0 Å². The summed E-state index contributed by atoms with van der Waals surface area (Å²) in [6, 6.07) is 8.59. The summed E-state index contributed by atoms with van der Waals surface area (Å²) in [5.41, 5.74) is 1.06. The van der Waals surface area contributed by atoms with E-state index in [0.29, 0.717) is 21.6 Å². The minimum absolute atomic E-state index is 0.137. The second kappa shape index (κ2) is 8.87. The highest BCUT2D eigenvalue weighted by Crippen LogP contribution is 2.20. The summed E-state index contributed by atoms with van der Waals surface area (Å²) in [4.78, 5) is 29.0. The van der Waals surface area contributed by atoms with Crippen molar-refractivity contribution in [1.82, 2.24) is 10.3 Å². The SMILES string of the molecule is Cc1nc(CC(=O)Nc2ccc(F)cc2F)sc1C(=O)NCc1ccc(F)cc1. The Balaban J connectivity index is 1.60. The van der Waals surface area contributed by atoms with Gasteiger partial charge in [-0.05, 0) is 36.8 Å². The standard InChI is InChI=1S/C20H16F3N3O2S/c1-11-19(20(28)24-10-12-2-4-13(21)5-3-12)29-18(25-11)9-17(27)26-16-7-6-14(22)8-15(16)23/h2-8H,9-10H2,1H3,(H,24,28)(H,26,27). The number of aromatic nitrogens is 1. The van der Waals surface area contributed by atoms with E-state index in [2.05, 4.69) is 15.6 Å². The Morgan fingerprint density at radius 3 is 2.41 bits per heavy atom. The minimum atomic E-state index is -0.880. The number of nitrogens with one attached hydrogen (secondary N) is 2. The van der Waals surface area contributed by atoms with Crippen LogP contribution in [0.5, 0.6) is 0 Å². The summed E-state index contributed by atoms with van der Waals surface area (Å²) >= 11 is 1.05. The molecule has 3 aromatic rings. The first kappa shape index (κ1) is 20.5. The van der Waals surface area contributed by atoms with E-state index in [1.165, 1.54) is 12.1 Å². The number of halogens is 3. The number of carbonyl (C=O) groups excluding carboxylic acids is 2. The highest BCUT2D eigenvalue weighted by atomic mass is 32.1. The van der Waals surface area contributed by atoms with Crippen LogP contribution in [0.25, 0.3) is 0 Å². The van der Waals surface area contributed by atoms with Crippen molar-refractivity contribution in [2.75, 3.05) is 5.32 Å². The molecule has 0 aliphatic rings. The Morgan fingerprint density at radius 2 is 1.72 bits per heavy atom. The summed E-state index contributed by atoms with van der Waals surface area (Å²) in [5, 5.41) is 5.45. The Labute approximate surface area is 168 Å². The van der Waals surface area contributed by atoms with Crippen molar-refractivity contribution in [2.45, 2.75) is 19.9 Å². The van der Waals surface area contributed by atoms with Crippen molar-refractivity contribution in [2.24, 2.45) is 0 Å². The van der Waals surface area contributed by atoms with Crippen molar-refractivity contribution in [3.8, 4) is 0 Å². The third kappa shape index (κ3) is 5.41. The number of rotatable bonds is 6. The zero-order valence-electron chi connectivity index (χ0n) is 15.3. The van der Waals surface area contributed by atoms with Gasteiger partial charge in [0.1, 0.15) is 27.3 Å². The predicted octanol–water partition coefficient (Wildman–Crippen LogP) is 3.98.